The zero-order chi connectivity index (χ0) is 19.0. The standard InChI is InChI=1S/C13H10Cl2N2O7S/c14-10-7-11(15)12(16(18)19)6-8(10)5-9-3-1-2-4-13(9,17(20)21)25(22,23)24/h1-4,6-7,9H,5H2,(H,22,23,24). The highest BCUT2D eigenvalue weighted by Gasteiger charge is 2.59. The molecule has 1 aromatic rings. The lowest BCUT2D eigenvalue weighted by Gasteiger charge is -2.28. The van der Waals surface area contributed by atoms with Gasteiger partial charge in [-0.15, -0.1) is 0 Å². The van der Waals surface area contributed by atoms with E-state index in [1.54, 1.807) is 0 Å². The summed E-state index contributed by atoms with van der Waals surface area (Å²) in [6, 6.07) is 2.12. The largest absolute Gasteiger partial charge is 0.367 e. The van der Waals surface area contributed by atoms with Gasteiger partial charge in [0.05, 0.1) is 10.8 Å². The van der Waals surface area contributed by atoms with Gasteiger partial charge in [0.25, 0.3) is 5.69 Å². The SMILES string of the molecule is O=[N+]([O-])c1cc(CC2C=CC=CC2([N+](=O)[O-])S(=O)(=O)O)c(Cl)cc1Cl. The molecule has 2 unspecified atom stereocenters. The maximum absolute atomic E-state index is 11.7. The van der Waals surface area contributed by atoms with Crippen LogP contribution in [0.1, 0.15) is 5.56 Å². The van der Waals surface area contributed by atoms with Gasteiger partial charge in [0.15, 0.2) is 0 Å². The summed E-state index contributed by atoms with van der Waals surface area (Å²) in [4.78, 5) is 17.7. The van der Waals surface area contributed by atoms with Gasteiger partial charge in [-0.2, -0.15) is 8.42 Å². The molecule has 1 aromatic carbocycles. The Balaban J connectivity index is 2.57. The first-order chi connectivity index (χ1) is 11.5. The lowest BCUT2D eigenvalue weighted by Crippen LogP contribution is -2.51. The summed E-state index contributed by atoms with van der Waals surface area (Å²) in [6.45, 7) is 0. The van der Waals surface area contributed by atoms with Crippen molar-refractivity contribution in [2.45, 2.75) is 11.3 Å². The Bertz CT molecular complexity index is 913. The molecule has 1 aliphatic carbocycles. The monoisotopic (exact) mass is 408 g/mol. The van der Waals surface area contributed by atoms with Crippen LogP contribution in [0.4, 0.5) is 5.69 Å². The summed E-state index contributed by atoms with van der Waals surface area (Å²) in [5, 5.41) is 22.2. The summed E-state index contributed by atoms with van der Waals surface area (Å²) in [6.07, 6.45) is 4.12. The molecule has 0 saturated carbocycles. The molecule has 25 heavy (non-hydrogen) atoms. The zero-order valence-corrected chi connectivity index (χ0v) is 14.5. The third kappa shape index (κ3) is 3.38. The number of hydrogen-bond donors (Lipinski definition) is 1. The Labute approximate surface area is 151 Å². The van der Waals surface area contributed by atoms with Crippen LogP contribution in [0.25, 0.3) is 0 Å². The lowest BCUT2D eigenvalue weighted by molar-refractivity contribution is -0.535. The predicted molar refractivity (Wildman–Crippen MR) is 89.9 cm³/mol. The van der Waals surface area contributed by atoms with E-state index >= 15 is 0 Å². The van der Waals surface area contributed by atoms with Crippen molar-refractivity contribution in [1.82, 2.24) is 0 Å². The van der Waals surface area contributed by atoms with Gasteiger partial charge in [-0.3, -0.25) is 24.8 Å². The van der Waals surface area contributed by atoms with Crippen LogP contribution in [0.3, 0.4) is 0 Å². The molecule has 134 valence electrons. The van der Waals surface area contributed by atoms with Crippen molar-refractivity contribution in [2.24, 2.45) is 5.92 Å². The molecule has 0 aromatic heterocycles. The van der Waals surface area contributed by atoms with Crippen LogP contribution in [-0.4, -0.2) is 27.7 Å². The number of nitrogens with zero attached hydrogens (tertiary/aromatic N) is 2. The van der Waals surface area contributed by atoms with Crippen LogP contribution >= 0.6 is 23.2 Å². The summed E-state index contributed by atoms with van der Waals surface area (Å²) >= 11 is 11.7. The Kier molecular flexibility index (Phi) is 5.19. The summed E-state index contributed by atoms with van der Waals surface area (Å²) < 4.78 is 32.9. The van der Waals surface area contributed by atoms with Crippen LogP contribution in [-0.2, 0) is 16.5 Å². The number of hydrogen-bond acceptors (Lipinski definition) is 6. The molecule has 0 fully saturated rings. The maximum Gasteiger partial charge on any atom is 0.367 e. The van der Waals surface area contributed by atoms with E-state index in [0.717, 1.165) is 24.3 Å². The topological polar surface area (TPSA) is 141 Å². The van der Waals surface area contributed by atoms with Crippen molar-refractivity contribution < 1.29 is 22.8 Å². The molecule has 2 atom stereocenters. The second-order valence-electron chi connectivity index (χ2n) is 5.19. The molecule has 12 heteroatoms. The van der Waals surface area contributed by atoms with Gasteiger partial charge in [0.1, 0.15) is 5.02 Å². The molecule has 0 heterocycles. The van der Waals surface area contributed by atoms with Crippen LogP contribution in [0.2, 0.25) is 10.0 Å². The quantitative estimate of drug-likeness (QED) is 0.448. The van der Waals surface area contributed by atoms with Crippen molar-refractivity contribution in [3.63, 3.8) is 0 Å². The minimum Gasteiger partial charge on any atom is -0.280 e. The van der Waals surface area contributed by atoms with E-state index in [2.05, 4.69) is 0 Å². The van der Waals surface area contributed by atoms with Crippen LogP contribution in [0.5, 0.6) is 0 Å². The fraction of sp³-hybridized carbons (Fsp3) is 0.231. The van der Waals surface area contributed by atoms with E-state index in [1.165, 1.54) is 12.2 Å². The number of halogens is 2. The third-order valence-corrected chi connectivity index (χ3v) is 5.84. The van der Waals surface area contributed by atoms with Gasteiger partial charge in [0, 0.05) is 22.1 Å². The van der Waals surface area contributed by atoms with E-state index < -0.39 is 36.4 Å². The van der Waals surface area contributed by atoms with Crippen molar-refractivity contribution in [1.29, 1.82) is 0 Å². The van der Waals surface area contributed by atoms with Gasteiger partial charge < -0.3 is 0 Å². The highest BCUT2D eigenvalue weighted by Crippen LogP contribution is 2.38. The average Bonchev–Trinajstić information content (AvgIpc) is 2.48. The first-order valence-electron chi connectivity index (χ1n) is 6.60. The second kappa shape index (κ2) is 6.71. The van der Waals surface area contributed by atoms with E-state index in [9.17, 15) is 33.2 Å². The molecule has 1 aliphatic rings. The predicted octanol–water partition coefficient (Wildman–Crippen LogP) is 3.05. The first kappa shape index (κ1) is 19.3. The van der Waals surface area contributed by atoms with Gasteiger partial charge in [-0.1, -0.05) is 41.4 Å². The molecule has 2 rings (SSSR count). The summed E-state index contributed by atoms with van der Waals surface area (Å²) in [5.74, 6) is -1.35. The average molecular weight is 409 g/mol. The molecular formula is C13H10Cl2N2O7S. The highest BCUT2D eigenvalue weighted by atomic mass is 35.5. The molecule has 0 aliphatic heterocycles. The van der Waals surface area contributed by atoms with Gasteiger partial charge >= 0.3 is 15.0 Å². The van der Waals surface area contributed by atoms with Gasteiger partial charge in [0.2, 0.25) is 0 Å². The Morgan fingerprint density at radius 2 is 1.80 bits per heavy atom. The number of benzene rings is 1. The Hall–Kier alpha value is -2.01. The molecule has 1 N–H and O–H groups in total. The van der Waals surface area contributed by atoms with Crippen LogP contribution < -0.4 is 0 Å². The van der Waals surface area contributed by atoms with E-state index in [0.29, 0.717) is 0 Å². The number of allylic oxidation sites excluding steroid dienone is 2. The van der Waals surface area contributed by atoms with E-state index in [4.69, 9.17) is 23.2 Å². The fourth-order valence-corrected chi connectivity index (χ4v) is 4.06. The number of rotatable bonds is 5. The second-order valence-corrected chi connectivity index (χ2v) is 7.61. The number of nitro benzene ring substituents is 1. The first-order valence-corrected chi connectivity index (χ1v) is 8.80. The summed E-state index contributed by atoms with van der Waals surface area (Å²) in [7, 11) is -5.14. The smallest absolute Gasteiger partial charge is 0.280 e. The normalized spacial score (nSPS) is 22.8. The third-order valence-electron chi connectivity index (χ3n) is 3.77. The molecule has 0 spiro atoms. The molecular weight excluding hydrogens is 399 g/mol. The minimum absolute atomic E-state index is 0.0221. The fourth-order valence-electron chi connectivity index (χ4n) is 2.55. The lowest BCUT2D eigenvalue weighted by atomic mass is 9.88. The van der Waals surface area contributed by atoms with Crippen LogP contribution in [0.15, 0.2) is 36.4 Å². The summed E-state index contributed by atoms with van der Waals surface area (Å²) in [5.41, 5.74) is -0.396. The molecule has 0 amide bonds. The van der Waals surface area contributed by atoms with Crippen LogP contribution in [0, 0.1) is 26.1 Å². The maximum atomic E-state index is 11.7. The number of nitro groups is 2. The van der Waals surface area contributed by atoms with E-state index in [1.807, 2.05) is 0 Å². The molecule has 9 nitrogen and oxygen atoms in total. The Morgan fingerprint density at radius 1 is 1.16 bits per heavy atom. The van der Waals surface area contributed by atoms with Crippen molar-refractivity contribution in [2.75, 3.05) is 0 Å². The Morgan fingerprint density at radius 3 is 2.32 bits per heavy atom. The van der Waals surface area contributed by atoms with E-state index in [-0.39, 0.29) is 22.0 Å². The molecule has 0 saturated heterocycles. The van der Waals surface area contributed by atoms with Gasteiger partial charge in [-0.25, -0.2) is 0 Å². The molecule has 0 bridgehead atoms. The van der Waals surface area contributed by atoms with Crippen molar-refractivity contribution in [3.05, 3.63) is 72.3 Å². The van der Waals surface area contributed by atoms with Gasteiger partial charge in [-0.05, 0) is 18.1 Å². The zero-order valence-electron chi connectivity index (χ0n) is 12.2. The molecule has 0 radical (unpaired) electrons. The van der Waals surface area contributed by atoms with Crippen molar-refractivity contribution >= 4 is 39.0 Å². The van der Waals surface area contributed by atoms with Crippen molar-refractivity contribution in [3.8, 4) is 0 Å². The highest BCUT2D eigenvalue weighted by molar-refractivity contribution is 7.87. The minimum atomic E-state index is -5.14.